The second-order valence-corrected chi connectivity index (χ2v) is 6.63. The Kier molecular flexibility index (Phi) is 7.29. The van der Waals surface area contributed by atoms with Gasteiger partial charge in [0.05, 0.1) is 0 Å². The summed E-state index contributed by atoms with van der Waals surface area (Å²) in [7, 11) is 0. The summed E-state index contributed by atoms with van der Waals surface area (Å²) < 4.78 is 16.4. The van der Waals surface area contributed by atoms with Crippen LogP contribution in [0.5, 0.6) is 11.5 Å². The summed E-state index contributed by atoms with van der Waals surface area (Å²) >= 11 is 0. The van der Waals surface area contributed by atoms with Crippen LogP contribution in [0.25, 0.3) is 0 Å². The Labute approximate surface area is 164 Å². The van der Waals surface area contributed by atoms with E-state index < -0.39 is 5.97 Å². The number of benzene rings is 2. The van der Waals surface area contributed by atoms with Crippen molar-refractivity contribution in [2.75, 3.05) is 19.8 Å². The fraction of sp³-hybridized carbons (Fsp3) is 0.364. The third-order valence-electron chi connectivity index (χ3n) is 4.51. The van der Waals surface area contributed by atoms with E-state index in [9.17, 15) is 9.59 Å². The smallest absolute Gasteiger partial charge is 0.342 e. The Morgan fingerprint density at radius 2 is 1.57 bits per heavy atom. The number of ether oxygens (including phenoxy) is 3. The highest BCUT2D eigenvalue weighted by Gasteiger charge is 2.19. The van der Waals surface area contributed by atoms with Gasteiger partial charge in [-0.1, -0.05) is 43.2 Å². The summed E-state index contributed by atoms with van der Waals surface area (Å²) in [5, 5.41) is 2.89. The van der Waals surface area contributed by atoms with Gasteiger partial charge in [0.1, 0.15) is 30.3 Å². The monoisotopic (exact) mass is 383 g/mol. The molecule has 28 heavy (non-hydrogen) atoms. The van der Waals surface area contributed by atoms with Gasteiger partial charge in [-0.3, -0.25) is 4.79 Å². The maximum atomic E-state index is 12.3. The number of carbonyl (C=O) groups excluding carboxylic acids is 2. The van der Waals surface area contributed by atoms with Crippen molar-refractivity contribution in [3.63, 3.8) is 0 Å². The van der Waals surface area contributed by atoms with E-state index >= 15 is 0 Å². The van der Waals surface area contributed by atoms with Crippen molar-refractivity contribution in [1.29, 1.82) is 0 Å². The van der Waals surface area contributed by atoms with Gasteiger partial charge < -0.3 is 19.5 Å². The first-order chi connectivity index (χ1) is 13.7. The van der Waals surface area contributed by atoms with Crippen molar-refractivity contribution < 1.29 is 23.8 Å². The van der Waals surface area contributed by atoms with Gasteiger partial charge in [0.2, 0.25) is 0 Å². The number of amides is 1. The molecule has 0 saturated heterocycles. The lowest BCUT2D eigenvalue weighted by Gasteiger charge is -2.13. The second-order valence-electron chi connectivity index (χ2n) is 6.63. The maximum Gasteiger partial charge on any atom is 0.342 e. The van der Waals surface area contributed by atoms with Crippen LogP contribution in [-0.2, 0) is 9.53 Å². The molecule has 2 aromatic carbocycles. The third-order valence-corrected chi connectivity index (χ3v) is 4.51. The summed E-state index contributed by atoms with van der Waals surface area (Å²) in [5.41, 5.74) is 0.288. The topological polar surface area (TPSA) is 73.9 Å². The molecule has 1 saturated carbocycles. The molecule has 0 aliphatic heterocycles. The zero-order valence-electron chi connectivity index (χ0n) is 15.8. The molecule has 1 fully saturated rings. The molecular weight excluding hydrogens is 358 g/mol. The van der Waals surface area contributed by atoms with E-state index in [0.29, 0.717) is 12.4 Å². The molecule has 0 atom stereocenters. The number of nitrogens with one attached hydrogen (secondary N) is 1. The normalized spacial score (nSPS) is 13.7. The number of esters is 1. The van der Waals surface area contributed by atoms with Gasteiger partial charge in [-0.05, 0) is 37.1 Å². The zero-order valence-corrected chi connectivity index (χ0v) is 15.8. The summed E-state index contributed by atoms with van der Waals surface area (Å²) in [6.07, 6.45) is 4.23. The van der Waals surface area contributed by atoms with E-state index in [2.05, 4.69) is 5.32 Å². The highest BCUT2D eigenvalue weighted by atomic mass is 16.5. The molecule has 0 radical (unpaired) electrons. The molecule has 0 aromatic heterocycles. The van der Waals surface area contributed by atoms with Gasteiger partial charge >= 0.3 is 5.97 Å². The van der Waals surface area contributed by atoms with E-state index in [-0.39, 0.29) is 30.7 Å². The predicted molar refractivity (Wildman–Crippen MR) is 105 cm³/mol. The third kappa shape index (κ3) is 6.01. The Hall–Kier alpha value is -3.02. The highest BCUT2D eigenvalue weighted by molar-refractivity contribution is 5.94. The Morgan fingerprint density at radius 3 is 2.36 bits per heavy atom. The summed E-state index contributed by atoms with van der Waals surface area (Å²) in [6.45, 7) is 0.333. The lowest BCUT2D eigenvalue weighted by Crippen LogP contribution is -2.35. The summed E-state index contributed by atoms with van der Waals surface area (Å²) in [5.74, 6) is 0.309. The number of hydrogen-bond donors (Lipinski definition) is 1. The minimum atomic E-state index is -0.582. The van der Waals surface area contributed by atoms with Crippen molar-refractivity contribution >= 4 is 11.9 Å². The van der Waals surface area contributed by atoms with Crippen molar-refractivity contribution in [3.05, 3.63) is 60.2 Å². The number of para-hydroxylation sites is 2. The van der Waals surface area contributed by atoms with Crippen LogP contribution in [-0.4, -0.2) is 37.7 Å². The molecule has 1 amide bonds. The molecule has 1 aliphatic rings. The average molecular weight is 383 g/mol. The Bertz CT molecular complexity index is 772. The minimum Gasteiger partial charge on any atom is -0.490 e. The van der Waals surface area contributed by atoms with Crippen molar-refractivity contribution in [2.45, 2.75) is 31.7 Å². The molecule has 6 nitrogen and oxygen atoms in total. The van der Waals surface area contributed by atoms with E-state index in [0.717, 1.165) is 31.4 Å². The summed E-state index contributed by atoms with van der Waals surface area (Å²) in [6, 6.07) is 16.4. The second kappa shape index (κ2) is 10.3. The van der Waals surface area contributed by atoms with Crippen LogP contribution in [0, 0.1) is 0 Å². The van der Waals surface area contributed by atoms with E-state index in [1.165, 1.54) is 0 Å². The van der Waals surface area contributed by atoms with Crippen molar-refractivity contribution in [1.82, 2.24) is 5.32 Å². The SMILES string of the molecule is O=C(COC(=O)c1ccccc1OCCOc1ccccc1)NC1CCCC1. The van der Waals surface area contributed by atoms with E-state index in [4.69, 9.17) is 14.2 Å². The fourth-order valence-electron chi connectivity index (χ4n) is 3.14. The van der Waals surface area contributed by atoms with Crippen LogP contribution in [0.2, 0.25) is 0 Å². The maximum absolute atomic E-state index is 12.3. The van der Waals surface area contributed by atoms with Crippen LogP contribution in [0.4, 0.5) is 0 Å². The average Bonchev–Trinajstić information content (AvgIpc) is 3.23. The molecule has 0 heterocycles. The minimum absolute atomic E-state index is 0.200. The van der Waals surface area contributed by atoms with Gasteiger partial charge in [0.15, 0.2) is 6.61 Å². The Morgan fingerprint density at radius 1 is 0.893 bits per heavy atom. The lowest BCUT2D eigenvalue weighted by molar-refractivity contribution is -0.124. The number of hydrogen-bond acceptors (Lipinski definition) is 5. The first-order valence-corrected chi connectivity index (χ1v) is 9.58. The van der Waals surface area contributed by atoms with Crippen molar-refractivity contribution in [3.8, 4) is 11.5 Å². The van der Waals surface area contributed by atoms with Gasteiger partial charge in [-0.2, -0.15) is 0 Å². The number of carbonyl (C=O) groups is 2. The first kappa shape index (κ1) is 19.7. The van der Waals surface area contributed by atoms with Crippen LogP contribution in [0.15, 0.2) is 54.6 Å². The van der Waals surface area contributed by atoms with Crippen molar-refractivity contribution in [2.24, 2.45) is 0 Å². The highest BCUT2D eigenvalue weighted by Crippen LogP contribution is 2.20. The van der Waals surface area contributed by atoms with Gasteiger partial charge in [-0.15, -0.1) is 0 Å². The molecule has 3 rings (SSSR count). The molecule has 1 aliphatic carbocycles. The van der Waals surface area contributed by atoms with Gasteiger partial charge in [-0.25, -0.2) is 4.79 Å². The molecular formula is C22H25NO5. The Balaban J connectivity index is 1.45. The van der Waals surface area contributed by atoms with Gasteiger partial charge in [0.25, 0.3) is 5.91 Å². The van der Waals surface area contributed by atoms with Crippen LogP contribution < -0.4 is 14.8 Å². The molecule has 1 N–H and O–H groups in total. The summed E-state index contributed by atoms with van der Waals surface area (Å²) in [4.78, 5) is 24.3. The van der Waals surface area contributed by atoms with Crippen LogP contribution >= 0.6 is 0 Å². The number of rotatable bonds is 9. The zero-order chi connectivity index (χ0) is 19.6. The predicted octanol–water partition coefficient (Wildman–Crippen LogP) is 3.36. The van der Waals surface area contributed by atoms with E-state index in [1.54, 1.807) is 24.3 Å². The quantitative estimate of drug-likeness (QED) is 0.531. The molecule has 0 spiro atoms. The van der Waals surface area contributed by atoms with Crippen LogP contribution in [0.1, 0.15) is 36.0 Å². The molecule has 0 unspecified atom stereocenters. The van der Waals surface area contributed by atoms with E-state index in [1.807, 2.05) is 30.3 Å². The largest absolute Gasteiger partial charge is 0.490 e. The molecule has 148 valence electrons. The lowest BCUT2D eigenvalue weighted by atomic mass is 10.2. The van der Waals surface area contributed by atoms with Gasteiger partial charge in [0, 0.05) is 6.04 Å². The molecule has 0 bridgehead atoms. The fourth-order valence-corrected chi connectivity index (χ4v) is 3.14. The molecule has 2 aromatic rings. The first-order valence-electron chi connectivity index (χ1n) is 9.58. The molecule has 6 heteroatoms. The standard InChI is InChI=1S/C22H25NO5/c24-21(23-17-8-4-5-9-17)16-28-22(25)19-12-6-7-13-20(19)27-15-14-26-18-10-2-1-3-11-18/h1-3,6-7,10-13,17H,4-5,8-9,14-16H2,(H,23,24). The van der Waals surface area contributed by atoms with Crippen LogP contribution in [0.3, 0.4) is 0 Å².